The van der Waals surface area contributed by atoms with Crippen molar-refractivity contribution >= 4 is 46.5 Å². The average molecular weight is 971 g/mol. The van der Waals surface area contributed by atoms with Crippen molar-refractivity contribution in [2.24, 2.45) is 43.6 Å². The van der Waals surface area contributed by atoms with Gasteiger partial charge in [0.2, 0.25) is 5.91 Å². The molecule has 1 saturated heterocycles. The second-order valence-corrected chi connectivity index (χ2v) is 16.5. The van der Waals surface area contributed by atoms with Crippen LogP contribution in [-0.2, 0) is 34.7 Å². The fourth-order valence-electron chi connectivity index (χ4n) is 8.89. The number of methoxy groups -OCH3 is 1. The molecule has 0 spiro atoms. The van der Waals surface area contributed by atoms with Gasteiger partial charge in [0.25, 0.3) is 0 Å². The zero-order valence-corrected chi connectivity index (χ0v) is 39.4. The van der Waals surface area contributed by atoms with Gasteiger partial charge in [-0.15, -0.1) is 5.76 Å². The first-order chi connectivity index (χ1) is 30.9. The Labute approximate surface area is 394 Å². The van der Waals surface area contributed by atoms with Crippen LogP contribution in [0.1, 0.15) is 67.2 Å². The normalized spacial score (nSPS) is 22.2. The molecule has 4 atom stereocenters. The number of anilines is 2. The first-order valence-corrected chi connectivity index (χ1v) is 22.0. The number of nitrogens with one attached hydrogen (secondary N) is 4. The number of rotatable bonds is 15. The van der Waals surface area contributed by atoms with Crippen molar-refractivity contribution in [1.82, 2.24) is 20.6 Å². The SMILES string of the molecule is CC[C@H]1C2=CC3=NC(=C(CC(=O)OC)C4=NC(=CC5=C(C)/C(=C(/C)[O-])C(=N5)C=C(N2)[C@@H]1C)[C@@H](C)[C@@H]4CCC(=O)NCCNc1ccccn1)C(C([O-])=NCCNc1ccccn1)=C3C.[Pd+2]. The molecule has 0 aliphatic carbocycles. The maximum absolute atomic E-state index is 14.5. The molecule has 4 N–H and O–H groups in total. The standard InChI is InChI=1S/C49H58N10O5.Pd/c1-8-32-27(2)35-26-40-45(31(6)60)29(4)37(57-40)24-36-28(3)33(15-16-43(61)54-21-19-52-41-13-9-11-17-50-41)47(58-36)34(23-44(62)64-7)48-46(30(5)38(59-48)25-39(32)56-35)49(63)55-22-20-53-42-14-10-12-18-51-42;/h9-14,17-18,24-28,32-33,56,60H,8,15-16,19-23H2,1-7H3,(H,50,52)(H,51,53)(H,54,61)(H,55,63);/q;+2/p-2/b35-26?,36-24?,39-25?,45-31+,48-34?;/t27-,28+,32-,33+;/m1./s1. The number of aromatic nitrogens is 2. The second-order valence-electron chi connectivity index (χ2n) is 16.5. The van der Waals surface area contributed by atoms with Crippen LogP contribution in [0.15, 0.2) is 149 Å². The van der Waals surface area contributed by atoms with Gasteiger partial charge in [-0.25, -0.2) is 20.0 Å². The Morgan fingerprint density at radius 3 is 2.18 bits per heavy atom. The number of ether oxygens (including phenoxy) is 1. The van der Waals surface area contributed by atoms with Crippen LogP contribution in [0.3, 0.4) is 0 Å². The van der Waals surface area contributed by atoms with E-state index in [2.05, 4.69) is 50.1 Å². The summed E-state index contributed by atoms with van der Waals surface area (Å²) in [6, 6.07) is 11.1. The van der Waals surface area contributed by atoms with E-state index in [0.717, 1.165) is 23.4 Å². The molecule has 15 nitrogen and oxygen atoms in total. The largest absolute Gasteiger partial charge is 2.00 e. The summed E-state index contributed by atoms with van der Waals surface area (Å²) in [4.78, 5) is 55.5. The van der Waals surface area contributed by atoms with E-state index in [4.69, 9.17) is 19.7 Å². The van der Waals surface area contributed by atoms with E-state index in [9.17, 15) is 19.8 Å². The third kappa shape index (κ3) is 10.8. The van der Waals surface area contributed by atoms with Gasteiger partial charge in [-0.05, 0) is 91.8 Å². The molecule has 8 bridgehead atoms. The third-order valence-corrected chi connectivity index (χ3v) is 12.4. The number of hydrogen-bond donors (Lipinski definition) is 4. The molecule has 65 heavy (non-hydrogen) atoms. The fraction of sp³-hybridized carbons (Fsp3) is 0.388. The van der Waals surface area contributed by atoms with Crippen LogP contribution in [0.25, 0.3) is 0 Å². The molecule has 342 valence electrons. The van der Waals surface area contributed by atoms with Crippen molar-refractivity contribution in [3.05, 3.63) is 129 Å². The topological polar surface area (TPSA) is 213 Å². The van der Waals surface area contributed by atoms with Crippen LogP contribution in [0.5, 0.6) is 0 Å². The van der Waals surface area contributed by atoms with E-state index >= 15 is 0 Å². The first-order valence-electron chi connectivity index (χ1n) is 22.0. The molecule has 2 aromatic rings. The Morgan fingerprint density at radius 1 is 0.846 bits per heavy atom. The molecule has 7 heterocycles. The monoisotopic (exact) mass is 970 g/mol. The van der Waals surface area contributed by atoms with Gasteiger partial charge in [-0.2, -0.15) is 0 Å². The number of esters is 1. The van der Waals surface area contributed by atoms with Gasteiger partial charge >= 0.3 is 26.4 Å². The number of nitrogens with zero attached hydrogens (tertiary/aromatic N) is 6. The number of fused-ring (bicyclic) bond motifs is 5. The van der Waals surface area contributed by atoms with E-state index < -0.39 is 11.9 Å². The molecule has 5 aliphatic heterocycles. The number of allylic oxidation sites excluding steroid dienone is 10. The molecular formula is C49H56N10O5Pd. The Hall–Kier alpha value is -6.24. The maximum Gasteiger partial charge on any atom is 2.00 e. The Morgan fingerprint density at radius 2 is 1.54 bits per heavy atom. The van der Waals surface area contributed by atoms with E-state index in [1.165, 1.54) is 7.11 Å². The van der Waals surface area contributed by atoms with Crippen LogP contribution in [0.2, 0.25) is 0 Å². The van der Waals surface area contributed by atoms with Crippen LogP contribution < -0.4 is 31.5 Å². The minimum absolute atomic E-state index is 0. The predicted molar refractivity (Wildman–Crippen MR) is 247 cm³/mol. The van der Waals surface area contributed by atoms with Crippen molar-refractivity contribution in [2.75, 3.05) is 43.9 Å². The number of hydrogen-bond acceptors (Lipinski definition) is 14. The summed E-state index contributed by atoms with van der Waals surface area (Å²) in [5.74, 6) is -0.403. The van der Waals surface area contributed by atoms with E-state index in [-0.39, 0.29) is 80.7 Å². The number of amides is 1. The van der Waals surface area contributed by atoms with E-state index in [0.29, 0.717) is 88.6 Å². The van der Waals surface area contributed by atoms with Crippen molar-refractivity contribution in [2.45, 2.75) is 67.2 Å². The Bertz CT molecular complexity index is 2530. The summed E-state index contributed by atoms with van der Waals surface area (Å²) < 4.78 is 5.27. The summed E-state index contributed by atoms with van der Waals surface area (Å²) in [6.07, 6.45) is 10.3. The van der Waals surface area contributed by atoms with Crippen molar-refractivity contribution in [3.8, 4) is 0 Å². The Balaban J connectivity index is 0.00000700. The van der Waals surface area contributed by atoms with Gasteiger partial charge in [0.15, 0.2) is 0 Å². The fourth-order valence-corrected chi connectivity index (χ4v) is 8.89. The maximum atomic E-state index is 14.5. The summed E-state index contributed by atoms with van der Waals surface area (Å²) in [6.45, 7) is 13.0. The summed E-state index contributed by atoms with van der Waals surface area (Å²) in [5, 5.41) is 40.8. The van der Waals surface area contributed by atoms with Crippen molar-refractivity contribution in [1.29, 1.82) is 0 Å². The zero-order valence-electron chi connectivity index (χ0n) is 37.9. The number of carbonyl (C=O) groups excluding carboxylic acids is 2. The minimum atomic E-state index is -0.541. The third-order valence-electron chi connectivity index (χ3n) is 12.4. The van der Waals surface area contributed by atoms with Gasteiger partial charge in [0.05, 0.1) is 48.6 Å². The zero-order chi connectivity index (χ0) is 45.5. The molecule has 7 rings (SSSR count). The van der Waals surface area contributed by atoms with Crippen molar-refractivity contribution < 1.29 is 45.0 Å². The molecule has 0 radical (unpaired) electrons. The minimum Gasteiger partial charge on any atom is -0.875 e. The predicted octanol–water partition coefficient (Wildman–Crippen LogP) is 5.24. The smallest absolute Gasteiger partial charge is 0.875 e. The van der Waals surface area contributed by atoms with E-state index in [1.807, 2.05) is 75.4 Å². The second kappa shape index (κ2) is 21.6. The Kier molecular flexibility index (Phi) is 16.0. The molecule has 5 aliphatic rings. The number of aliphatic imine (C=N–C) groups is 4. The van der Waals surface area contributed by atoms with E-state index in [1.54, 1.807) is 19.3 Å². The molecule has 0 saturated carbocycles. The molecule has 1 fully saturated rings. The summed E-state index contributed by atoms with van der Waals surface area (Å²) >= 11 is 0. The molecule has 1 amide bonds. The summed E-state index contributed by atoms with van der Waals surface area (Å²) in [5.41, 5.74) is 7.63. The summed E-state index contributed by atoms with van der Waals surface area (Å²) in [7, 11) is 1.32. The molecule has 2 aromatic heterocycles. The van der Waals surface area contributed by atoms with Gasteiger partial charge in [-0.1, -0.05) is 39.8 Å². The quantitative estimate of drug-likeness (QED) is 0.0455. The van der Waals surface area contributed by atoms with Gasteiger partial charge < -0.3 is 36.2 Å². The molecule has 16 heteroatoms. The van der Waals surface area contributed by atoms with Crippen LogP contribution in [0.4, 0.5) is 11.6 Å². The van der Waals surface area contributed by atoms with Gasteiger partial charge in [0.1, 0.15) is 11.6 Å². The molecular weight excluding hydrogens is 915 g/mol. The molecule has 0 aromatic carbocycles. The van der Waals surface area contributed by atoms with Crippen LogP contribution in [0, 0.1) is 23.7 Å². The first kappa shape index (κ1) is 48.2. The van der Waals surface area contributed by atoms with Gasteiger partial charge in [-0.3, -0.25) is 19.6 Å². The number of pyridine rings is 2. The van der Waals surface area contributed by atoms with Crippen LogP contribution >= 0.6 is 0 Å². The molecule has 0 unspecified atom stereocenters. The average Bonchev–Trinajstić information content (AvgIpc) is 3.98. The van der Waals surface area contributed by atoms with Crippen LogP contribution in [-0.4, -0.2) is 78.2 Å². The van der Waals surface area contributed by atoms with Crippen molar-refractivity contribution in [3.63, 3.8) is 0 Å². The van der Waals surface area contributed by atoms with Gasteiger partial charge in [0, 0.05) is 90.4 Å². The number of carbonyl (C=O) groups is 2.